The van der Waals surface area contributed by atoms with E-state index in [2.05, 4.69) is 10.1 Å². The topological polar surface area (TPSA) is 50.9 Å². The van der Waals surface area contributed by atoms with Crippen LogP contribution in [0.4, 0.5) is 0 Å². The summed E-state index contributed by atoms with van der Waals surface area (Å²) in [6, 6.07) is 7.85. The monoisotopic (exact) mass is 249 g/mol. The van der Waals surface area contributed by atoms with Crippen molar-refractivity contribution in [2.75, 3.05) is 0 Å². The smallest absolute Gasteiger partial charge is 0.190 e. The summed E-state index contributed by atoms with van der Waals surface area (Å²) < 4.78 is 1.72. The Morgan fingerprint density at radius 3 is 2.82 bits per heavy atom. The van der Waals surface area contributed by atoms with Crippen molar-refractivity contribution in [3.05, 3.63) is 36.2 Å². The molecule has 1 unspecified atom stereocenters. The number of aromatic nitrogens is 3. The van der Waals surface area contributed by atoms with Crippen LogP contribution in [0.25, 0.3) is 0 Å². The van der Waals surface area contributed by atoms with E-state index in [1.54, 1.807) is 4.68 Å². The van der Waals surface area contributed by atoms with Gasteiger partial charge < -0.3 is 5.11 Å². The molecule has 0 aliphatic carbocycles. The third kappa shape index (κ3) is 2.68. The van der Waals surface area contributed by atoms with Gasteiger partial charge in [0.25, 0.3) is 0 Å². The van der Waals surface area contributed by atoms with Crippen molar-refractivity contribution < 1.29 is 5.11 Å². The van der Waals surface area contributed by atoms with Gasteiger partial charge in [-0.2, -0.15) is 5.10 Å². The summed E-state index contributed by atoms with van der Waals surface area (Å²) in [6.45, 7) is 1.97. The molecule has 1 N–H and O–H groups in total. The van der Waals surface area contributed by atoms with Gasteiger partial charge in [-0.3, -0.25) is 0 Å². The van der Waals surface area contributed by atoms with Crippen LogP contribution in [0.15, 0.2) is 40.6 Å². The Hall–Kier alpha value is -1.33. The lowest BCUT2D eigenvalue weighted by Crippen LogP contribution is -1.98. The first-order valence-corrected chi connectivity index (χ1v) is 6.33. The van der Waals surface area contributed by atoms with Crippen LogP contribution in [0.1, 0.15) is 25.0 Å². The predicted octanol–water partition coefficient (Wildman–Crippen LogP) is 2.41. The Labute approximate surface area is 105 Å². The largest absolute Gasteiger partial charge is 0.388 e. The molecule has 0 fully saturated rings. The number of hydrogen-bond donors (Lipinski definition) is 1. The molecule has 1 aromatic heterocycles. The molecule has 0 aliphatic heterocycles. The highest BCUT2D eigenvalue weighted by atomic mass is 32.2. The quantitative estimate of drug-likeness (QED) is 0.904. The summed E-state index contributed by atoms with van der Waals surface area (Å²) in [7, 11) is 1.86. The molecule has 4 nitrogen and oxygen atoms in total. The zero-order valence-electron chi connectivity index (χ0n) is 9.87. The molecule has 1 atom stereocenters. The highest BCUT2D eigenvalue weighted by molar-refractivity contribution is 7.99. The minimum atomic E-state index is -0.424. The minimum Gasteiger partial charge on any atom is -0.388 e. The molecule has 17 heavy (non-hydrogen) atoms. The number of rotatable bonds is 4. The molecule has 0 aliphatic rings. The summed E-state index contributed by atoms with van der Waals surface area (Å²) in [5.41, 5.74) is 0.947. The van der Waals surface area contributed by atoms with Crippen molar-refractivity contribution in [3.63, 3.8) is 0 Å². The van der Waals surface area contributed by atoms with Gasteiger partial charge in [0.2, 0.25) is 0 Å². The molecule has 1 aromatic carbocycles. The number of benzene rings is 1. The number of aryl methyl sites for hydroxylation is 1. The fourth-order valence-corrected chi connectivity index (χ4v) is 2.49. The van der Waals surface area contributed by atoms with E-state index in [-0.39, 0.29) is 0 Å². The first-order valence-electron chi connectivity index (χ1n) is 5.51. The Bertz CT molecular complexity index is 498. The van der Waals surface area contributed by atoms with Crippen LogP contribution >= 0.6 is 11.8 Å². The van der Waals surface area contributed by atoms with E-state index in [0.717, 1.165) is 15.6 Å². The molecule has 0 spiro atoms. The van der Waals surface area contributed by atoms with Crippen molar-refractivity contribution in [1.29, 1.82) is 0 Å². The van der Waals surface area contributed by atoms with Crippen LogP contribution in [0.3, 0.4) is 0 Å². The van der Waals surface area contributed by atoms with Gasteiger partial charge in [-0.1, -0.05) is 25.1 Å². The van der Waals surface area contributed by atoms with Crippen molar-refractivity contribution in [2.45, 2.75) is 29.5 Å². The van der Waals surface area contributed by atoms with E-state index in [1.165, 1.54) is 18.1 Å². The molecule has 1 heterocycles. The van der Waals surface area contributed by atoms with Gasteiger partial charge >= 0.3 is 0 Å². The lowest BCUT2D eigenvalue weighted by Gasteiger charge is -2.12. The van der Waals surface area contributed by atoms with E-state index in [1.807, 2.05) is 38.2 Å². The number of aliphatic hydroxyl groups is 1. The summed E-state index contributed by atoms with van der Waals surface area (Å²) in [5, 5.41) is 14.8. The van der Waals surface area contributed by atoms with Gasteiger partial charge in [0, 0.05) is 11.9 Å². The molecule has 0 radical (unpaired) electrons. The van der Waals surface area contributed by atoms with Crippen LogP contribution in [-0.2, 0) is 7.05 Å². The Kier molecular flexibility index (Phi) is 3.81. The Morgan fingerprint density at radius 2 is 2.18 bits per heavy atom. The zero-order chi connectivity index (χ0) is 12.3. The number of nitrogens with zero attached hydrogens (tertiary/aromatic N) is 3. The third-order valence-electron chi connectivity index (χ3n) is 2.54. The van der Waals surface area contributed by atoms with Gasteiger partial charge in [-0.05, 0) is 29.8 Å². The molecule has 2 aromatic rings. The molecule has 90 valence electrons. The highest BCUT2D eigenvalue weighted by Gasteiger charge is 2.12. The van der Waals surface area contributed by atoms with Crippen LogP contribution in [0.5, 0.6) is 0 Å². The van der Waals surface area contributed by atoms with Gasteiger partial charge in [-0.15, -0.1) is 0 Å². The second-order valence-corrected chi connectivity index (χ2v) is 4.74. The molecule has 0 saturated carbocycles. The number of hydrogen-bond acceptors (Lipinski definition) is 4. The zero-order valence-corrected chi connectivity index (χ0v) is 10.7. The molecule has 0 bridgehead atoms. The van der Waals surface area contributed by atoms with E-state index in [0.29, 0.717) is 6.42 Å². The summed E-state index contributed by atoms with van der Waals surface area (Å²) in [5.74, 6) is 0. The van der Waals surface area contributed by atoms with Crippen molar-refractivity contribution in [3.8, 4) is 0 Å². The average Bonchev–Trinajstić information content (AvgIpc) is 2.75. The molecule has 2 rings (SSSR count). The number of aliphatic hydroxyl groups excluding tert-OH is 1. The fourth-order valence-electron chi connectivity index (χ4n) is 1.55. The predicted molar refractivity (Wildman–Crippen MR) is 66.8 cm³/mol. The van der Waals surface area contributed by atoms with Gasteiger partial charge in [-0.25, -0.2) is 9.67 Å². The third-order valence-corrected chi connectivity index (χ3v) is 3.68. The van der Waals surface area contributed by atoms with E-state index in [9.17, 15) is 5.11 Å². The van der Waals surface area contributed by atoms with E-state index < -0.39 is 6.10 Å². The summed E-state index contributed by atoms with van der Waals surface area (Å²) in [4.78, 5) is 5.20. The molecule has 5 heteroatoms. The van der Waals surface area contributed by atoms with Crippen molar-refractivity contribution in [1.82, 2.24) is 14.8 Å². The van der Waals surface area contributed by atoms with Crippen molar-refractivity contribution in [2.24, 2.45) is 7.05 Å². The van der Waals surface area contributed by atoms with E-state index in [4.69, 9.17) is 0 Å². The maximum atomic E-state index is 9.95. The maximum Gasteiger partial charge on any atom is 0.190 e. The van der Waals surface area contributed by atoms with Gasteiger partial charge in [0.15, 0.2) is 5.16 Å². The fraction of sp³-hybridized carbons (Fsp3) is 0.333. The average molecular weight is 249 g/mol. The summed E-state index contributed by atoms with van der Waals surface area (Å²) >= 11 is 1.52. The Balaban J connectivity index is 2.30. The first kappa shape index (κ1) is 12.1. The highest BCUT2D eigenvalue weighted by Crippen LogP contribution is 2.32. The normalized spacial score (nSPS) is 12.6. The van der Waals surface area contributed by atoms with Crippen LogP contribution in [0, 0.1) is 0 Å². The second-order valence-electron chi connectivity index (χ2n) is 3.73. The van der Waals surface area contributed by atoms with Gasteiger partial charge in [0.1, 0.15) is 6.33 Å². The van der Waals surface area contributed by atoms with Crippen molar-refractivity contribution >= 4 is 11.8 Å². The molecular weight excluding hydrogens is 234 g/mol. The molecule has 0 saturated heterocycles. The first-order chi connectivity index (χ1) is 8.22. The maximum absolute atomic E-state index is 9.95. The van der Waals surface area contributed by atoms with Gasteiger partial charge in [0.05, 0.1) is 6.10 Å². The van der Waals surface area contributed by atoms with E-state index >= 15 is 0 Å². The van der Waals surface area contributed by atoms with Crippen LogP contribution in [0.2, 0.25) is 0 Å². The molecule has 0 amide bonds. The molecular formula is C12H15N3OS. The summed E-state index contributed by atoms with van der Waals surface area (Å²) in [6.07, 6.45) is 1.81. The lowest BCUT2D eigenvalue weighted by atomic mass is 10.1. The van der Waals surface area contributed by atoms with Crippen LogP contribution in [-0.4, -0.2) is 19.9 Å². The lowest BCUT2D eigenvalue weighted by molar-refractivity contribution is 0.171. The minimum absolute atomic E-state index is 0.424. The van der Waals surface area contributed by atoms with Crippen LogP contribution < -0.4 is 0 Å². The standard InChI is InChI=1S/C12H15N3OS/c1-3-10(16)9-6-4-5-7-11(9)17-12-13-8-14-15(12)2/h4-8,10,16H,3H2,1-2H3. The SMILES string of the molecule is CCC(O)c1ccccc1Sc1ncnn1C. The Morgan fingerprint density at radius 1 is 1.41 bits per heavy atom. The second kappa shape index (κ2) is 5.33.